The molecule has 0 aliphatic heterocycles. The summed E-state index contributed by atoms with van der Waals surface area (Å²) >= 11 is 0. The molecule has 0 atom stereocenters. The van der Waals surface area contributed by atoms with Crippen LogP contribution in [0.1, 0.15) is 44.0 Å². The number of Topliss-reactive ketones (excluding diaryl/α,β-unsaturated/α-hetero) is 1. The number of ether oxygens (including phenoxy) is 1. The molecule has 4 nitrogen and oxygen atoms in total. The van der Waals surface area contributed by atoms with Gasteiger partial charge in [-0.1, -0.05) is 20.8 Å². The summed E-state index contributed by atoms with van der Waals surface area (Å²) in [6, 6.07) is 4.90. The van der Waals surface area contributed by atoms with E-state index in [-0.39, 0.29) is 23.9 Å². The first-order valence-corrected chi connectivity index (χ1v) is 7.33. The van der Waals surface area contributed by atoms with Crippen molar-refractivity contribution in [2.24, 2.45) is 0 Å². The van der Waals surface area contributed by atoms with Crippen LogP contribution in [0.25, 0.3) is 0 Å². The van der Waals surface area contributed by atoms with Gasteiger partial charge in [0.05, 0.1) is 5.56 Å². The van der Waals surface area contributed by atoms with E-state index in [4.69, 9.17) is 4.74 Å². The van der Waals surface area contributed by atoms with Crippen molar-refractivity contribution >= 4 is 18.2 Å². The molecule has 0 aromatic heterocycles. The summed E-state index contributed by atoms with van der Waals surface area (Å²) in [5, 5.41) is 9.88. The van der Waals surface area contributed by atoms with Crippen LogP contribution in [0.15, 0.2) is 18.2 Å². The highest BCUT2D eigenvalue weighted by Crippen LogP contribution is 2.25. The Hall–Kier alpha value is -1.26. The molecule has 0 saturated carbocycles. The number of phenols is 1. The minimum Gasteiger partial charge on any atom is -0.507 e. The van der Waals surface area contributed by atoms with Gasteiger partial charge in [-0.15, -0.1) is 12.4 Å². The molecule has 0 amide bonds. The summed E-state index contributed by atoms with van der Waals surface area (Å²) in [5.74, 6) is 0.575. The first-order chi connectivity index (χ1) is 9.62. The second-order valence-corrected chi connectivity index (χ2v) is 4.73. The number of nitrogens with zero attached hydrogens (tertiary/aromatic N) is 1. The van der Waals surface area contributed by atoms with Gasteiger partial charge < -0.3 is 14.7 Å². The number of likely N-dealkylation sites (N-methyl/N-ethyl adjacent to an activating group) is 1. The van der Waals surface area contributed by atoms with E-state index in [2.05, 4.69) is 18.7 Å². The molecule has 0 aliphatic carbocycles. The van der Waals surface area contributed by atoms with Crippen molar-refractivity contribution in [1.29, 1.82) is 0 Å². The van der Waals surface area contributed by atoms with Gasteiger partial charge in [-0.25, -0.2) is 0 Å². The molecule has 0 saturated heterocycles. The molecule has 0 radical (unpaired) electrons. The van der Waals surface area contributed by atoms with Crippen LogP contribution in [-0.2, 0) is 0 Å². The lowest BCUT2D eigenvalue weighted by atomic mass is 10.1. The van der Waals surface area contributed by atoms with Crippen molar-refractivity contribution in [3.05, 3.63) is 23.8 Å². The summed E-state index contributed by atoms with van der Waals surface area (Å²) in [6.07, 6.45) is 1.23. The number of hydrogen-bond donors (Lipinski definition) is 1. The molecular weight excluding hydrogens is 290 g/mol. The average Bonchev–Trinajstić information content (AvgIpc) is 2.44. The third-order valence-corrected chi connectivity index (χ3v) is 3.32. The summed E-state index contributed by atoms with van der Waals surface area (Å²) in [7, 11) is 0. The fourth-order valence-electron chi connectivity index (χ4n) is 2.03. The molecule has 0 bridgehead atoms. The van der Waals surface area contributed by atoms with Crippen LogP contribution in [0, 0.1) is 0 Å². The van der Waals surface area contributed by atoms with Crippen molar-refractivity contribution < 1.29 is 14.6 Å². The molecule has 0 unspecified atom stereocenters. The molecule has 0 heterocycles. The zero-order valence-electron chi connectivity index (χ0n) is 13.1. The Kier molecular flexibility index (Phi) is 9.84. The third-order valence-electron chi connectivity index (χ3n) is 3.32. The fourth-order valence-corrected chi connectivity index (χ4v) is 2.03. The lowest BCUT2D eigenvalue weighted by Gasteiger charge is -2.18. The number of carbonyl (C=O) groups is 1. The molecule has 1 N–H and O–H groups in total. The van der Waals surface area contributed by atoms with Crippen molar-refractivity contribution in [2.45, 2.75) is 33.6 Å². The smallest absolute Gasteiger partial charge is 0.166 e. The standard InChI is InChI=1S/C16H25NO3.ClH/c1-4-7-15(18)14-9-8-13(12-16(14)19)20-11-10-17(5-2)6-3;/h8-9,12,19H,4-7,10-11H2,1-3H3;1H. The lowest BCUT2D eigenvalue weighted by Crippen LogP contribution is -2.27. The van der Waals surface area contributed by atoms with E-state index in [1.165, 1.54) is 6.07 Å². The van der Waals surface area contributed by atoms with Gasteiger partial charge in [0.1, 0.15) is 18.1 Å². The molecule has 1 aromatic rings. The molecule has 1 aromatic carbocycles. The highest BCUT2D eigenvalue weighted by molar-refractivity contribution is 5.98. The first-order valence-electron chi connectivity index (χ1n) is 7.33. The van der Waals surface area contributed by atoms with E-state index in [0.29, 0.717) is 24.3 Å². The molecule has 5 heteroatoms. The largest absolute Gasteiger partial charge is 0.507 e. The van der Waals surface area contributed by atoms with E-state index in [0.717, 1.165) is 26.1 Å². The Balaban J connectivity index is 0.00000400. The van der Waals surface area contributed by atoms with E-state index < -0.39 is 0 Å². The predicted molar refractivity (Wildman–Crippen MR) is 87.9 cm³/mol. The number of ketones is 1. The molecule has 0 aliphatic rings. The van der Waals surface area contributed by atoms with Crippen molar-refractivity contribution in [2.75, 3.05) is 26.2 Å². The summed E-state index contributed by atoms with van der Waals surface area (Å²) in [5.41, 5.74) is 0.378. The second-order valence-electron chi connectivity index (χ2n) is 4.73. The first kappa shape index (κ1) is 19.7. The van der Waals surface area contributed by atoms with Crippen molar-refractivity contribution in [1.82, 2.24) is 4.90 Å². The topological polar surface area (TPSA) is 49.8 Å². The van der Waals surface area contributed by atoms with Gasteiger partial charge in [0.15, 0.2) is 5.78 Å². The Bertz CT molecular complexity index is 434. The lowest BCUT2D eigenvalue weighted by molar-refractivity contribution is 0.0979. The van der Waals surface area contributed by atoms with E-state index >= 15 is 0 Å². The number of aromatic hydroxyl groups is 1. The Morgan fingerprint density at radius 3 is 2.43 bits per heavy atom. The number of carbonyl (C=O) groups excluding carboxylic acids is 1. The van der Waals surface area contributed by atoms with Crippen molar-refractivity contribution in [3.63, 3.8) is 0 Å². The highest BCUT2D eigenvalue weighted by atomic mass is 35.5. The molecule has 21 heavy (non-hydrogen) atoms. The van der Waals surface area contributed by atoms with Crippen molar-refractivity contribution in [3.8, 4) is 11.5 Å². The normalized spacial score (nSPS) is 10.3. The van der Waals surface area contributed by atoms with Gasteiger partial charge in [0.2, 0.25) is 0 Å². The summed E-state index contributed by atoms with van der Waals surface area (Å²) in [4.78, 5) is 14.0. The van der Waals surface area contributed by atoms with E-state index in [9.17, 15) is 9.90 Å². The van der Waals surface area contributed by atoms with Gasteiger partial charge in [0, 0.05) is 19.0 Å². The van der Waals surface area contributed by atoms with Crippen LogP contribution in [0.5, 0.6) is 11.5 Å². The van der Waals surface area contributed by atoms with Gasteiger partial charge in [-0.05, 0) is 31.6 Å². The van der Waals surface area contributed by atoms with Crippen LogP contribution in [-0.4, -0.2) is 42.0 Å². The van der Waals surface area contributed by atoms with Gasteiger partial charge in [0.25, 0.3) is 0 Å². The van der Waals surface area contributed by atoms with Gasteiger partial charge >= 0.3 is 0 Å². The quantitative estimate of drug-likeness (QED) is 0.708. The third kappa shape index (κ3) is 6.36. The second kappa shape index (κ2) is 10.5. The average molecular weight is 316 g/mol. The maximum atomic E-state index is 11.8. The SMILES string of the molecule is CCCC(=O)c1ccc(OCCN(CC)CC)cc1O.Cl. The van der Waals surface area contributed by atoms with E-state index in [1.807, 2.05) is 6.92 Å². The molecule has 0 fully saturated rings. The molecular formula is C16H26ClNO3. The van der Waals surface area contributed by atoms with Gasteiger partial charge in [-0.2, -0.15) is 0 Å². The Labute approximate surface area is 133 Å². The number of rotatable bonds is 9. The van der Waals surface area contributed by atoms with Crippen LogP contribution >= 0.6 is 12.4 Å². The number of hydrogen-bond acceptors (Lipinski definition) is 4. The van der Waals surface area contributed by atoms with Crippen LogP contribution < -0.4 is 4.74 Å². The maximum absolute atomic E-state index is 11.8. The Morgan fingerprint density at radius 2 is 1.90 bits per heavy atom. The molecule has 120 valence electrons. The molecule has 0 spiro atoms. The zero-order chi connectivity index (χ0) is 15.0. The summed E-state index contributed by atoms with van der Waals surface area (Å²) < 4.78 is 5.60. The van der Waals surface area contributed by atoms with Crippen LogP contribution in [0.3, 0.4) is 0 Å². The molecule has 1 rings (SSSR count). The Morgan fingerprint density at radius 1 is 1.24 bits per heavy atom. The highest BCUT2D eigenvalue weighted by Gasteiger charge is 2.11. The number of phenolic OH excluding ortho intramolecular Hbond substituents is 1. The minimum absolute atomic E-state index is 0. The van der Waals surface area contributed by atoms with Gasteiger partial charge in [-0.3, -0.25) is 4.79 Å². The van der Waals surface area contributed by atoms with Crippen LogP contribution in [0.4, 0.5) is 0 Å². The minimum atomic E-state index is -0.0281. The number of halogens is 1. The predicted octanol–water partition coefficient (Wildman–Crippen LogP) is 3.52. The summed E-state index contributed by atoms with van der Waals surface area (Å²) in [6.45, 7) is 9.59. The fraction of sp³-hybridized carbons (Fsp3) is 0.562. The van der Waals surface area contributed by atoms with E-state index in [1.54, 1.807) is 12.1 Å². The number of benzene rings is 1. The monoisotopic (exact) mass is 315 g/mol. The van der Waals surface area contributed by atoms with Crippen LogP contribution in [0.2, 0.25) is 0 Å². The zero-order valence-corrected chi connectivity index (χ0v) is 13.9. The maximum Gasteiger partial charge on any atom is 0.166 e.